The molecule has 0 atom stereocenters. The van der Waals surface area contributed by atoms with Gasteiger partial charge in [0.15, 0.2) is 5.82 Å². The van der Waals surface area contributed by atoms with Gasteiger partial charge in [0, 0.05) is 12.1 Å². The normalized spacial score (nSPS) is 10.6. The summed E-state index contributed by atoms with van der Waals surface area (Å²) in [6.07, 6.45) is 2.04. The molecule has 0 aliphatic heterocycles. The molecule has 0 fully saturated rings. The standard InChI is InChI=1S/C16H20BrN3/c1-4-10-18-16-14(17)11(3)19-15(20-16)13-9-7-6-8-12(13)5-2/h6-9H,4-5,10H2,1-3H3,(H,18,19,20). The fraction of sp³-hybridized carbons (Fsp3) is 0.375. The van der Waals surface area contributed by atoms with E-state index in [1.807, 2.05) is 13.0 Å². The highest BCUT2D eigenvalue weighted by atomic mass is 79.9. The first-order chi connectivity index (χ1) is 9.67. The topological polar surface area (TPSA) is 37.8 Å². The molecule has 4 heteroatoms. The number of aromatic nitrogens is 2. The summed E-state index contributed by atoms with van der Waals surface area (Å²) in [5.74, 6) is 1.67. The molecule has 1 N–H and O–H groups in total. The number of anilines is 1. The minimum Gasteiger partial charge on any atom is -0.369 e. The third-order valence-electron chi connectivity index (χ3n) is 3.20. The third-order valence-corrected chi connectivity index (χ3v) is 4.15. The van der Waals surface area contributed by atoms with Crippen molar-refractivity contribution in [2.24, 2.45) is 0 Å². The molecule has 0 bridgehead atoms. The maximum atomic E-state index is 4.68. The minimum absolute atomic E-state index is 0.793. The molecule has 1 aromatic carbocycles. The molecule has 2 aromatic rings. The van der Waals surface area contributed by atoms with Gasteiger partial charge in [0.05, 0.1) is 10.2 Å². The zero-order chi connectivity index (χ0) is 14.5. The molecule has 0 amide bonds. The average Bonchev–Trinajstić information content (AvgIpc) is 2.48. The number of benzene rings is 1. The van der Waals surface area contributed by atoms with Crippen LogP contribution in [0.1, 0.15) is 31.5 Å². The van der Waals surface area contributed by atoms with Gasteiger partial charge in [-0.1, -0.05) is 38.1 Å². The maximum Gasteiger partial charge on any atom is 0.162 e. The first-order valence-electron chi connectivity index (χ1n) is 7.03. The molecule has 0 saturated carbocycles. The molecule has 0 saturated heterocycles. The van der Waals surface area contributed by atoms with Gasteiger partial charge in [-0.2, -0.15) is 0 Å². The predicted octanol–water partition coefficient (Wildman–Crippen LogP) is 4.60. The van der Waals surface area contributed by atoms with E-state index < -0.39 is 0 Å². The van der Waals surface area contributed by atoms with Crippen molar-refractivity contribution in [1.29, 1.82) is 0 Å². The fourth-order valence-electron chi connectivity index (χ4n) is 2.09. The second-order valence-corrected chi connectivity index (χ2v) is 5.53. The highest BCUT2D eigenvalue weighted by molar-refractivity contribution is 9.10. The molecule has 20 heavy (non-hydrogen) atoms. The summed E-state index contributed by atoms with van der Waals surface area (Å²) in [5.41, 5.74) is 3.35. The summed E-state index contributed by atoms with van der Waals surface area (Å²) in [6, 6.07) is 8.32. The Bertz CT molecular complexity index is 596. The van der Waals surface area contributed by atoms with E-state index in [1.165, 1.54) is 5.56 Å². The van der Waals surface area contributed by atoms with Crippen LogP contribution in [-0.2, 0) is 6.42 Å². The van der Waals surface area contributed by atoms with E-state index in [0.29, 0.717) is 0 Å². The number of nitrogens with zero attached hydrogens (tertiary/aromatic N) is 2. The summed E-state index contributed by atoms with van der Waals surface area (Å²) >= 11 is 3.57. The van der Waals surface area contributed by atoms with E-state index in [-0.39, 0.29) is 0 Å². The highest BCUT2D eigenvalue weighted by Gasteiger charge is 2.12. The van der Waals surface area contributed by atoms with Crippen molar-refractivity contribution in [2.75, 3.05) is 11.9 Å². The van der Waals surface area contributed by atoms with Gasteiger partial charge in [0.1, 0.15) is 5.82 Å². The Hall–Kier alpha value is -1.42. The number of rotatable bonds is 5. The van der Waals surface area contributed by atoms with E-state index in [2.05, 4.69) is 63.3 Å². The lowest BCUT2D eigenvalue weighted by molar-refractivity contribution is 0.957. The summed E-state index contributed by atoms with van der Waals surface area (Å²) in [4.78, 5) is 9.30. The van der Waals surface area contributed by atoms with Crippen molar-refractivity contribution >= 4 is 21.7 Å². The van der Waals surface area contributed by atoms with Crippen molar-refractivity contribution in [1.82, 2.24) is 9.97 Å². The largest absolute Gasteiger partial charge is 0.369 e. The van der Waals surface area contributed by atoms with Gasteiger partial charge in [-0.25, -0.2) is 9.97 Å². The summed E-state index contributed by atoms with van der Waals surface area (Å²) in [6.45, 7) is 7.20. The Morgan fingerprint density at radius 3 is 2.60 bits per heavy atom. The lowest BCUT2D eigenvalue weighted by Gasteiger charge is -2.12. The van der Waals surface area contributed by atoms with Crippen molar-refractivity contribution in [3.63, 3.8) is 0 Å². The summed E-state index contributed by atoms with van der Waals surface area (Å²) in [7, 11) is 0. The molecule has 0 unspecified atom stereocenters. The highest BCUT2D eigenvalue weighted by Crippen LogP contribution is 2.28. The van der Waals surface area contributed by atoms with Crippen LogP contribution in [0.4, 0.5) is 5.82 Å². The summed E-state index contributed by atoms with van der Waals surface area (Å²) in [5, 5.41) is 3.35. The summed E-state index contributed by atoms with van der Waals surface area (Å²) < 4.78 is 0.948. The second kappa shape index (κ2) is 6.84. The van der Waals surface area contributed by atoms with Crippen LogP contribution in [0.5, 0.6) is 0 Å². The van der Waals surface area contributed by atoms with Crippen LogP contribution < -0.4 is 5.32 Å². The zero-order valence-electron chi connectivity index (χ0n) is 12.2. The van der Waals surface area contributed by atoms with E-state index in [4.69, 9.17) is 0 Å². The van der Waals surface area contributed by atoms with Crippen LogP contribution in [0.25, 0.3) is 11.4 Å². The minimum atomic E-state index is 0.793. The van der Waals surface area contributed by atoms with Gasteiger partial charge in [0.2, 0.25) is 0 Å². The lowest BCUT2D eigenvalue weighted by atomic mass is 10.0. The lowest BCUT2D eigenvalue weighted by Crippen LogP contribution is -2.06. The first kappa shape index (κ1) is 15.0. The Labute approximate surface area is 129 Å². The van der Waals surface area contributed by atoms with Crippen molar-refractivity contribution < 1.29 is 0 Å². The third kappa shape index (κ3) is 3.18. The molecule has 3 nitrogen and oxygen atoms in total. The van der Waals surface area contributed by atoms with Gasteiger partial charge in [-0.15, -0.1) is 0 Å². The molecule has 1 aromatic heterocycles. The molecular weight excluding hydrogens is 314 g/mol. The molecular formula is C16H20BrN3. The Morgan fingerprint density at radius 2 is 1.90 bits per heavy atom. The van der Waals surface area contributed by atoms with Crippen molar-refractivity contribution in [2.45, 2.75) is 33.6 Å². The molecule has 0 spiro atoms. The van der Waals surface area contributed by atoms with E-state index in [0.717, 1.165) is 46.8 Å². The van der Waals surface area contributed by atoms with Crippen LogP contribution >= 0.6 is 15.9 Å². The van der Waals surface area contributed by atoms with Crippen LogP contribution in [0.15, 0.2) is 28.7 Å². The van der Waals surface area contributed by atoms with Crippen LogP contribution in [-0.4, -0.2) is 16.5 Å². The molecule has 0 aliphatic carbocycles. The molecule has 106 valence electrons. The van der Waals surface area contributed by atoms with Gasteiger partial charge >= 0.3 is 0 Å². The first-order valence-corrected chi connectivity index (χ1v) is 7.83. The quantitative estimate of drug-likeness (QED) is 0.868. The molecule has 2 rings (SSSR count). The number of halogens is 1. The van der Waals surface area contributed by atoms with Gasteiger partial charge in [-0.05, 0) is 41.3 Å². The number of hydrogen-bond acceptors (Lipinski definition) is 3. The van der Waals surface area contributed by atoms with Gasteiger partial charge < -0.3 is 5.32 Å². The van der Waals surface area contributed by atoms with Crippen LogP contribution in [0.2, 0.25) is 0 Å². The second-order valence-electron chi connectivity index (χ2n) is 4.73. The Balaban J connectivity index is 2.49. The number of aryl methyl sites for hydroxylation is 2. The van der Waals surface area contributed by atoms with Crippen LogP contribution in [0.3, 0.4) is 0 Å². The number of nitrogens with one attached hydrogen (secondary N) is 1. The van der Waals surface area contributed by atoms with E-state index in [9.17, 15) is 0 Å². The smallest absolute Gasteiger partial charge is 0.162 e. The van der Waals surface area contributed by atoms with Gasteiger partial charge in [0.25, 0.3) is 0 Å². The fourth-order valence-corrected chi connectivity index (χ4v) is 2.40. The van der Waals surface area contributed by atoms with Crippen molar-refractivity contribution in [3.8, 4) is 11.4 Å². The Morgan fingerprint density at radius 1 is 1.15 bits per heavy atom. The molecule has 0 radical (unpaired) electrons. The van der Waals surface area contributed by atoms with Crippen molar-refractivity contribution in [3.05, 3.63) is 40.0 Å². The van der Waals surface area contributed by atoms with E-state index >= 15 is 0 Å². The zero-order valence-corrected chi connectivity index (χ0v) is 13.8. The predicted molar refractivity (Wildman–Crippen MR) is 88.1 cm³/mol. The average molecular weight is 334 g/mol. The van der Waals surface area contributed by atoms with Crippen LogP contribution in [0, 0.1) is 6.92 Å². The monoisotopic (exact) mass is 333 g/mol. The Kier molecular flexibility index (Phi) is 5.12. The molecule has 0 aliphatic rings. The van der Waals surface area contributed by atoms with Gasteiger partial charge in [-0.3, -0.25) is 0 Å². The SMILES string of the molecule is CCCNc1nc(-c2ccccc2CC)nc(C)c1Br. The maximum absolute atomic E-state index is 4.68. The molecule has 1 heterocycles. The van der Waals surface area contributed by atoms with E-state index in [1.54, 1.807) is 0 Å². The number of hydrogen-bond donors (Lipinski definition) is 1.